The Morgan fingerprint density at radius 3 is 2.58 bits per heavy atom. The highest BCUT2D eigenvalue weighted by atomic mass is 79.9. The van der Waals surface area contributed by atoms with Crippen molar-refractivity contribution >= 4 is 15.9 Å². The van der Waals surface area contributed by atoms with Crippen LogP contribution in [0.4, 0.5) is 4.39 Å². The first-order valence-corrected chi connectivity index (χ1v) is 6.49. The number of nitriles is 1. The molecule has 0 N–H and O–H groups in total. The minimum absolute atomic E-state index is 0.210. The Kier molecular flexibility index (Phi) is 4.67. The fraction of sp³-hybridized carbons (Fsp3) is 0.133. The largest absolute Gasteiger partial charge is 0.372 e. The maximum atomic E-state index is 13.1. The molecule has 0 radical (unpaired) electrons. The molecule has 2 nitrogen and oxygen atoms in total. The number of benzene rings is 2. The molecule has 0 spiro atoms. The van der Waals surface area contributed by atoms with Gasteiger partial charge < -0.3 is 4.74 Å². The lowest BCUT2D eigenvalue weighted by molar-refractivity contribution is 0.106. The lowest BCUT2D eigenvalue weighted by atomic mass is 10.1. The quantitative estimate of drug-likeness (QED) is 0.847. The van der Waals surface area contributed by atoms with Gasteiger partial charge in [-0.15, -0.1) is 0 Å². The van der Waals surface area contributed by atoms with E-state index in [0.29, 0.717) is 17.7 Å². The van der Waals surface area contributed by atoms with Gasteiger partial charge in [-0.25, -0.2) is 4.39 Å². The Morgan fingerprint density at radius 2 is 1.84 bits per heavy atom. The van der Waals surface area contributed by atoms with E-state index < -0.39 is 0 Å². The molecule has 0 aliphatic rings. The van der Waals surface area contributed by atoms with Crippen molar-refractivity contribution in [2.45, 2.75) is 13.2 Å². The van der Waals surface area contributed by atoms with Gasteiger partial charge in [0.15, 0.2) is 0 Å². The number of hydrogen-bond acceptors (Lipinski definition) is 2. The Hall–Kier alpha value is -1.70. The molecule has 0 fully saturated rings. The van der Waals surface area contributed by atoms with Crippen molar-refractivity contribution in [3.8, 4) is 6.07 Å². The van der Waals surface area contributed by atoms with Gasteiger partial charge in [0.05, 0.1) is 24.8 Å². The van der Waals surface area contributed by atoms with Crippen molar-refractivity contribution in [2.24, 2.45) is 0 Å². The van der Waals surface area contributed by atoms with Crippen LogP contribution in [0.3, 0.4) is 0 Å². The molecule has 0 saturated heterocycles. The van der Waals surface area contributed by atoms with E-state index in [4.69, 9.17) is 10.00 Å². The van der Waals surface area contributed by atoms with Crippen LogP contribution in [0.1, 0.15) is 16.7 Å². The van der Waals surface area contributed by atoms with Gasteiger partial charge in [0.2, 0.25) is 0 Å². The van der Waals surface area contributed by atoms with Gasteiger partial charge >= 0.3 is 0 Å². The molecule has 4 heteroatoms. The molecule has 2 aromatic carbocycles. The summed E-state index contributed by atoms with van der Waals surface area (Å²) in [6.45, 7) is 0.616. The number of ether oxygens (including phenoxy) is 1. The van der Waals surface area contributed by atoms with Crippen LogP contribution >= 0.6 is 15.9 Å². The highest BCUT2D eigenvalue weighted by molar-refractivity contribution is 9.10. The summed E-state index contributed by atoms with van der Waals surface area (Å²) in [5.41, 5.74) is 2.01. The number of halogens is 2. The second-order valence-electron chi connectivity index (χ2n) is 4.00. The second-order valence-corrected chi connectivity index (χ2v) is 4.85. The van der Waals surface area contributed by atoms with Gasteiger partial charge in [0.25, 0.3) is 0 Å². The molecule has 19 heavy (non-hydrogen) atoms. The average molecular weight is 320 g/mol. The van der Waals surface area contributed by atoms with E-state index in [2.05, 4.69) is 15.9 Å². The molecule has 2 aromatic rings. The van der Waals surface area contributed by atoms with E-state index >= 15 is 0 Å². The third kappa shape index (κ3) is 3.63. The molecular weight excluding hydrogens is 309 g/mol. The van der Waals surface area contributed by atoms with Crippen molar-refractivity contribution in [1.82, 2.24) is 0 Å². The fourth-order valence-corrected chi connectivity index (χ4v) is 2.08. The number of hydrogen-bond donors (Lipinski definition) is 0. The summed E-state index contributed by atoms with van der Waals surface area (Å²) >= 11 is 3.43. The van der Waals surface area contributed by atoms with Gasteiger partial charge in [-0.3, -0.25) is 0 Å². The molecular formula is C15H11BrFNO. The first-order chi connectivity index (χ1) is 9.20. The topological polar surface area (TPSA) is 33.0 Å². The van der Waals surface area contributed by atoms with Crippen LogP contribution in [-0.2, 0) is 18.0 Å². The number of rotatable bonds is 4. The van der Waals surface area contributed by atoms with E-state index in [1.54, 1.807) is 0 Å². The second kappa shape index (κ2) is 6.46. The van der Waals surface area contributed by atoms with Crippen LogP contribution in [0, 0.1) is 17.1 Å². The SMILES string of the molecule is N#Cc1ccc(F)cc1COCc1ccccc1Br. The standard InChI is InChI=1S/C15H11BrFNO/c16-15-4-2-1-3-12(15)9-19-10-13-7-14(17)6-5-11(13)8-18/h1-7H,9-10H2. The summed E-state index contributed by atoms with van der Waals surface area (Å²) in [5, 5.41) is 8.93. The van der Waals surface area contributed by atoms with Crippen LogP contribution < -0.4 is 0 Å². The molecule has 0 aliphatic heterocycles. The summed E-state index contributed by atoms with van der Waals surface area (Å²) in [5.74, 6) is -0.363. The van der Waals surface area contributed by atoms with E-state index in [-0.39, 0.29) is 12.4 Å². The van der Waals surface area contributed by atoms with Crippen molar-refractivity contribution in [3.63, 3.8) is 0 Å². The minimum Gasteiger partial charge on any atom is -0.372 e. The predicted octanol–water partition coefficient (Wildman–Crippen LogP) is 4.18. The molecule has 0 amide bonds. The lowest BCUT2D eigenvalue weighted by Gasteiger charge is -2.07. The summed E-state index contributed by atoms with van der Waals surface area (Å²) in [6, 6.07) is 13.8. The highest BCUT2D eigenvalue weighted by Crippen LogP contribution is 2.18. The van der Waals surface area contributed by atoms with Crippen molar-refractivity contribution in [2.75, 3.05) is 0 Å². The monoisotopic (exact) mass is 319 g/mol. The zero-order valence-electron chi connectivity index (χ0n) is 10.1. The van der Waals surface area contributed by atoms with E-state index in [0.717, 1.165) is 10.0 Å². The molecule has 0 aromatic heterocycles. The summed E-state index contributed by atoms with van der Waals surface area (Å²) < 4.78 is 19.6. The van der Waals surface area contributed by atoms with Gasteiger partial charge in [0.1, 0.15) is 5.82 Å². The molecule has 0 aliphatic carbocycles. The van der Waals surface area contributed by atoms with Gasteiger partial charge in [-0.2, -0.15) is 5.26 Å². The van der Waals surface area contributed by atoms with Gasteiger partial charge in [0, 0.05) is 4.47 Å². The third-order valence-electron chi connectivity index (χ3n) is 2.66. The molecule has 0 atom stereocenters. The Morgan fingerprint density at radius 1 is 1.11 bits per heavy atom. The normalized spacial score (nSPS) is 10.2. The van der Waals surface area contributed by atoms with Gasteiger partial charge in [-0.05, 0) is 35.4 Å². The first-order valence-electron chi connectivity index (χ1n) is 5.70. The average Bonchev–Trinajstić information content (AvgIpc) is 2.41. The van der Waals surface area contributed by atoms with Crippen LogP contribution in [0.25, 0.3) is 0 Å². The van der Waals surface area contributed by atoms with Crippen LogP contribution in [0.2, 0.25) is 0 Å². The van der Waals surface area contributed by atoms with Crippen LogP contribution in [0.15, 0.2) is 46.9 Å². The van der Waals surface area contributed by atoms with Crippen molar-refractivity contribution < 1.29 is 9.13 Å². The zero-order chi connectivity index (χ0) is 13.7. The lowest BCUT2D eigenvalue weighted by Crippen LogP contribution is -1.98. The van der Waals surface area contributed by atoms with E-state index in [1.165, 1.54) is 18.2 Å². The zero-order valence-corrected chi connectivity index (χ0v) is 11.7. The maximum Gasteiger partial charge on any atom is 0.123 e. The van der Waals surface area contributed by atoms with Gasteiger partial charge in [-0.1, -0.05) is 34.1 Å². The van der Waals surface area contributed by atoms with Crippen LogP contribution in [-0.4, -0.2) is 0 Å². The molecule has 0 bridgehead atoms. The molecule has 96 valence electrons. The fourth-order valence-electron chi connectivity index (χ4n) is 1.68. The third-order valence-corrected chi connectivity index (χ3v) is 3.43. The first kappa shape index (κ1) is 13.7. The minimum atomic E-state index is -0.363. The Labute approximate surface area is 119 Å². The van der Waals surface area contributed by atoms with Crippen LogP contribution in [0.5, 0.6) is 0 Å². The maximum absolute atomic E-state index is 13.1. The van der Waals surface area contributed by atoms with Crippen molar-refractivity contribution in [3.05, 3.63) is 69.4 Å². The molecule has 0 heterocycles. The van der Waals surface area contributed by atoms with E-state index in [9.17, 15) is 4.39 Å². The molecule has 0 unspecified atom stereocenters. The summed E-state index contributed by atoms with van der Waals surface area (Å²) in [6.07, 6.45) is 0. The Bertz CT molecular complexity index is 622. The Balaban J connectivity index is 2.02. The smallest absolute Gasteiger partial charge is 0.123 e. The molecule has 0 saturated carbocycles. The van der Waals surface area contributed by atoms with Crippen molar-refractivity contribution in [1.29, 1.82) is 5.26 Å². The highest BCUT2D eigenvalue weighted by Gasteiger charge is 2.05. The summed E-state index contributed by atoms with van der Waals surface area (Å²) in [7, 11) is 0. The van der Waals surface area contributed by atoms with E-state index in [1.807, 2.05) is 30.3 Å². The summed E-state index contributed by atoms with van der Waals surface area (Å²) in [4.78, 5) is 0. The number of nitrogens with zero attached hydrogens (tertiary/aromatic N) is 1. The molecule has 2 rings (SSSR count). The predicted molar refractivity (Wildman–Crippen MR) is 73.8 cm³/mol.